The summed E-state index contributed by atoms with van der Waals surface area (Å²) in [5.74, 6) is -1.13. The molecule has 14 heteroatoms. The highest BCUT2D eigenvalue weighted by atomic mass is 35.5. The predicted molar refractivity (Wildman–Crippen MR) is 188 cm³/mol. The molecule has 0 N–H and O–H groups in total. The number of rotatable bonds is 8. The molecule has 2 aromatic carbocycles. The van der Waals surface area contributed by atoms with E-state index >= 15 is 4.39 Å². The number of hydrogen-bond acceptors (Lipinski definition) is 9. The van der Waals surface area contributed by atoms with Gasteiger partial charge >= 0.3 is 6.01 Å². The topological polar surface area (TPSA) is 100 Å². The van der Waals surface area contributed by atoms with Crippen molar-refractivity contribution in [3.63, 3.8) is 0 Å². The maximum atomic E-state index is 16.8. The maximum Gasteiger partial charge on any atom is 0.319 e. The molecule has 0 bridgehead atoms. The van der Waals surface area contributed by atoms with Gasteiger partial charge in [0.1, 0.15) is 29.8 Å². The third-order valence-electron chi connectivity index (χ3n) is 10.5. The van der Waals surface area contributed by atoms with Crippen molar-refractivity contribution in [2.24, 2.45) is 0 Å². The van der Waals surface area contributed by atoms with Crippen LogP contribution >= 0.6 is 11.6 Å². The van der Waals surface area contributed by atoms with Crippen LogP contribution in [0.5, 0.6) is 6.01 Å². The molecule has 262 valence electrons. The number of ether oxygens (including phenoxy) is 1. The van der Waals surface area contributed by atoms with E-state index in [9.17, 15) is 13.6 Å². The first-order valence-electron chi connectivity index (χ1n) is 16.9. The molecule has 0 saturated carbocycles. The molecule has 10 nitrogen and oxygen atoms in total. The van der Waals surface area contributed by atoms with Gasteiger partial charge in [-0.25, -0.2) is 13.2 Å². The van der Waals surface area contributed by atoms with E-state index in [4.69, 9.17) is 21.3 Å². The first kappa shape index (κ1) is 33.3. The van der Waals surface area contributed by atoms with Gasteiger partial charge in [-0.2, -0.15) is 20.2 Å². The molecule has 3 fully saturated rings. The number of benzene rings is 2. The van der Waals surface area contributed by atoms with Gasteiger partial charge in [-0.05, 0) is 43.3 Å². The van der Waals surface area contributed by atoms with Crippen LogP contribution in [0.1, 0.15) is 31.2 Å². The minimum absolute atomic E-state index is 0.0216. The third-order valence-corrected chi connectivity index (χ3v) is 10.8. The Balaban J connectivity index is 1.14. The van der Waals surface area contributed by atoms with Crippen LogP contribution in [0, 0.1) is 11.6 Å². The van der Waals surface area contributed by atoms with E-state index in [1.54, 1.807) is 23.2 Å². The first-order chi connectivity index (χ1) is 24.7. The Kier molecular flexibility index (Phi) is 8.71. The van der Waals surface area contributed by atoms with Gasteiger partial charge in [0, 0.05) is 73.0 Å². The van der Waals surface area contributed by atoms with Crippen molar-refractivity contribution in [3.05, 3.63) is 83.3 Å². The summed E-state index contributed by atoms with van der Waals surface area (Å²) in [5.41, 5.74) is 0.329. The summed E-state index contributed by atoms with van der Waals surface area (Å²) in [6.07, 6.45) is 8.24. The fourth-order valence-corrected chi connectivity index (χ4v) is 8.10. The lowest BCUT2D eigenvalue weighted by atomic mass is 9.95. The number of likely N-dealkylation sites (tertiary alicyclic amines) is 1. The number of halogens is 4. The lowest BCUT2D eigenvalue weighted by Gasteiger charge is -2.31. The lowest BCUT2D eigenvalue weighted by molar-refractivity contribution is -0.124. The van der Waals surface area contributed by atoms with Crippen molar-refractivity contribution >= 4 is 51.1 Å². The zero-order chi connectivity index (χ0) is 35.3. The van der Waals surface area contributed by atoms with Crippen molar-refractivity contribution in [2.75, 3.05) is 44.7 Å². The van der Waals surface area contributed by atoms with E-state index in [1.807, 2.05) is 36.2 Å². The van der Waals surface area contributed by atoms with Crippen LogP contribution in [-0.4, -0.2) is 98.4 Å². The molecular weight excluding hydrogens is 681 g/mol. The Hall–Kier alpha value is -4.88. The summed E-state index contributed by atoms with van der Waals surface area (Å²) >= 11 is 6.61. The number of amides is 1. The Bertz CT molecular complexity index is 2180. The van der Waals surface area contributed by atoms with Crippen LogP contribution in [-0.2, 0) is 4.79 Å². The lowest BCUT2D eigenvalue weighted by Crippen LogP contribution is -2.43. The van der Waals surface area contributed by atoms with Crippen LogP contribution < -0.4 is 9.64 Å². The number of alkyl halides is 1. The van der Waals surface area contributed by atoms with E-state index in [0.717, 1.165) is 31.0 Å². The van der Waals surface area contributed by atoms with Gasteiger partial charge in [0.2, 0.25) is 5.91 Å². The fourth-order valence-electron chi connectivity index (χ4n) is 7.82. The number of aromatic nitrogens is 5. The van der Waals surface area contributed by atoms with Gasteiger partial charge in [0.15, 0.2) is 11.6 Å². The third kappa shape index (κ3) is 6.12. The highest BCUT2D eigenvalue weighted by Gasteiger charge is 2.49. The highest BCUT2D eigenvalue weighted by molar-refractivity contribution is 6.36. The molecule has 6 heterocycles. The minimum Gasteiger partial charge on any atom is -0.461 e. The van der Waals surface area contributed by atoms with Crippen LogP contribution in [0.4, 0.5) is 19.0 Å². The summed E-state index contributed by atoms with van der Waals surface area (Å²) < 4.78 is 51.7. The van der Waals surface area contributed by atoms with E-state index in [0.29, 0.717) is 59.7 Å². The molecule has 8 rings (SSSR count). The molecule has 5 aromatic rings. The molecule has 1 amide bonds. The summed E-state index contributed by atoms with van der Waals surface area (Å²) in [6.45, 7) is 2.13. The molecule has 0 radical (unpaired) electrons. The Morgan fingerprint density at radius 3 is 2.76 bits per heavy atom. The standard InChI is InChI=1S/C37H34ClF3N8O2/c1-47(25-11-14-48(20-25)30(50)10-9-23-16-43-44-18-29(23)40)35-27-17-42-33(26-7-2-5-22-6-3-8-28(38)31(22)26)32(41)34(27)45-36(46-35)51-21-37-12-4-13-49(37)19-24(39)15-37/h2-3,5-10,16-18,24-25H,4,11-15,19-21H2,1H3/b10-9+/t24-,25-,37+/m1/s1. The Morgan fingerprint density at radius 2 is 1.92 bits per heavy atom. The second-order valence-electron chi connectivity index (χ2n) is 13.5. The van der Waals surface area contributed by atoms with E-state index in [1.165, 1.54) is 18.3 Å². The molecule has 3 aliphatic heterocycles. The average Bonchev–Trinajstić information content (AvgIpc) is 3.85. The molecule has 0 aliphatic carbocycles. The SMILES string of the molecule is CN(c1nc(OC[C@@]23CCCN2C[C@H](F)C3)nc2c(F)c(-c3cccc4cccc(Cl)c34)ncc12)[C@@H]1CCN(C(=O)/C=C/c2cnncc2F)C1. The highest BCUT2D eigenvalue weighted by Crippen LogP contribution is 2.41. The van der Waals surface area contributed by atoms with Crippen LogP contribution in [0.25, 0.3) is 39.0 Å². The number of pyridine rings is 1. The minimum atomic E-state index is -0.935. The van der Waals surface area contributed by atoms with Gasteiger partial charge in [0.05, 0.1) is 23.3 Å². The number of fused-ring (bicyclic) bond motifs is 3. The van der Waals surface area contributed by atoms with E-state index < -0.39 is 23.3 Å². The monoisotopic (exact) mass is 714 g/mol. The first-order valence-corrected chi connectivity index (χ1v) is 17.3. The quantitative estimate of drug-likeness (QED) is 0.172. The number of carbonyl (C=O) groups is 1. The number of nitrogens with zero attached hydrogens (tertiary/aromatic N) is 8. The summed E-state index contributed by atoms with van der Waals surface area (Å²) in [5, 5.41) is 9.52. The van der Waals surface area contributed by atoms with E-state index in [2.05, 4.69) is 25.1 Å². The maximum absolute atomic E-state index is 16.8. The van der Waals surface area contributed by atoms with Crippen molar-refractivity contribution in [3.8, 4) is 17.3 Å². The molecule has 51 heavy (non-hydrogen) atoms. The van der Waals surface area contributed by atoms with Crippen LogP contribution in [0.2, 0.25) is 5.02 Å². The second-order valence-corrected chi connectivity index (χ2v) is 13.9. The number of carbonyl (C=O) groups excluding carboxylic acids is 1. The summed E-state index contributed by atoms with van der Waals surface area (Å²) in [4.78, 5) is 32.7. The summed E-state index contributed by atoms with van der Waals surface area (Å²) in [7, 11) is 1.83. The number of likely N-dealkylation sites (N-methyl/N-ethyl adjacent to an activating group) is 1. The van der Waals surface area contributed by atoms with Crippen LogP contribution in [0.3, 0.4) is 0 Å². The van der Waals surface area contributed by atoms with Crippen molar-refractivity contribution < 1.29 is 22.7 Å². The molecule has 3 aliphatic rings. The van der Waals surface area contributed by atoms with Gasteiger partial charge in [-0.15, -0.1) is 0 Å². The average molecular weight is 715 g/mol. The molecule has 0 unspecified atom stereocenters. The second kappa shape index (κ2) is 13.3. The Labute approximate surface area is 296 Å². The zero-order valence-corrected chi connectivity index (χ0v) is 28.5. The van der Waals surface area contributed by atoms with Gasteiger partial charge in [-0.1, -0.05) is 41.9 Å². The van der Waals surface area contributed by atoms with Crippen molar-refractivity contribution in [1.82, 2.24) is 34.9 Å². The fraction of sp³-hybridized carbons (Fsp3) is 0.351. The normalized spacial score (nSPS) is 22.0. The van der Waals surface area contributed by atoms with Gasteiger partial charge in [0.25, 0.3) is 0 Å². The largest absolute Gasteiger partial charge is 0.461 e. The van der Waals surface area contributed by atoms with Gasteiger partial charge in [-0.3, -0.25) is 14.7 Å². The zero-order valence-electron chi connectivity index (χ0n) is 27.8. The smallest absolute Gasteiger partial charge is 0.319 e. The molecule has 3 aromatic heterocycles. The Morgan fingerprint density at radius 1 is 1.10 bits per heavy atom. The summed E-state index contributed by atoms with van der Waals surface area (Å²) in [6, 6.07) is 10.8. The van der Waals surface area contributed by atoms with Gasteiger partial charge < -0.3 is 14.5 Å². The van der Waals surface area contributed by atoms with E-state index in [-0.39, 0.29) is 41.3 Å². The molecule has 3 atom stereocenters. The number of anilines is 1. The predicted octanol–water partition coefficient (Wildman–Crippen LogP) is 6.27. The molecular formula is C37H34ClF3N8O2. The van der Waals surface area contributed by atoms with Crippen molar-refractivity contribution in [1.29, 1.82) is 0 Å². The van der Waals surface area contributed by atoms with Crippen molar-refractivity contribution in [2.45, 2.75) is 43.4 Å². The number of hydrogen-bond donors (Lipinski definition) is 0. The van der Waals surface area contributed by atoms with Crippen LogP contribution in [0.15, 0.2) is 61.1 Å². The molecule has 0 spiro atoms. The molecule has 3 saturated heterocycles.